The van der Waals surface area contributed by atoms with Crippen LogP contribution in [0.4, 0.5) is 0 Å². The van der Waals surface area contributed by atoms with E-state index in [0.29, 0.717) is 10.6 Å². The van der Waals surface area contributed by atoms with E-state index in [1.54, 1.807) is 6.20 Å². The standard InChI is InChI=1S/C13H14N2O2S/c1-4-9-7-14-6-5-10(9)12-15-8(2)11(18-12)13(16)17-3/h5-7H,4H2,1-3H3. The summed E-state index contributed by atoms with van der Waals surface area (Å²) in [5.74, 6) is -0.330. The van der Waals surface area contributed by atoms with Gasteiger partial charge in [0, 0.05) is 18.0 Å². The Bertz CT molecular complexity index is 578. The van der Waals surface area contributed by atoms with Gasteiger partial charge in [-0.05, 0) is 25.0 Å². The van der Waals surface area contributed by atoms with Crippen LogP contribution in [-0.4, -0.2) is 23.0 Å². The third kappa shape index (κ3) is 2.26. The van der Waals surface area contributed by atoms with Crippen LogP contribution in [0, 0.1) is 6.92 Å². The van der Waals surface area contributed by atoms with Gasteiger partial charge in [-0.1, -0.05) is 6.92 Å². The lowest BCUT2D eigenvalue weighted by atomic mass is 10.1. The van der Waals surface area contributed by atoms with Crippen molar-refractivity contribution < 1.29 is 9.53 Å². The van der Waals surface area contributed by atoms with Crippen LogP contribution in [0.1, 0.15) is 27.9 Å². The first-order chi connectivity index (χ1) is 8.67. The molecule has 4 nitrogen and oxygen atoms in total. The second-order valence-corrected chi connectivity index (χ2v) is 4.81. The van der Waals surface area contributed by atoms with Crippen molar-refractivity contribution in [3.8, 4) is 10.6 Å². The number of nitrogens with zero attached hydrogens (tertiary/aromatic N) is 2. The van der Waals surface area contributed by atoms with Gasteiger partial charge in [0.1, 0.15) is 9.88 Å². The smallest absolute Gasteiger partial charge is 0.349 e. The molecule has 0 saturated heterocycles. The van der Waals surface area contributed by atoms with Crippen LogP contribution in [0.5, 0.6) is 0 Å². The van der Waals surface area contributed by atoms with Crippen molar-refractivity contribution in [3.63, 3.8) is 0 Å². The number of hydrogen-bond acceptors (Lipinski definition) is 5. The molecule has 0 aliphatic rings. The molecule has 0 fully saturated rings. The molecule has 2 rings (SSSR count). The van der Waals surface area contributed by atoms with Crippen LogP contribution in [-0.2, 0) is 11.2 Å². The van der Waals surface area contributed by atoms with Crippen molar-refractivity contribution in [2.24, 2.45) is 0 Å². The number of aryl methyl sites for hydroxylation is 2. The summed E-state index contributed by atoms with van der Waals surface area (Å²) in [4.78, 5) is 20.7. The van der Waals surface area contributed by atoms with Crippen LogP contribution in [0.25, 0.3) is 10.6 Å². The fraction of sp³-hybridized carbons (Fsp3) is 0.308. The minimum Gasteiger partial charge on any atom is -0.465 e. The van der Waals surface area contributed by atoms with Gasteiger partial charge in [0.25, 0.3) is 0 Å². The first-order valence-electron chi connectivity index (χ1n) is 5.66. The lowest BCUT2D eigenvalue weighted by Crippen LogP contribution is -1.99. The maximum atomic E-state index is 11.6. The average Bonchev–Trinajstić information content (AvgIpc) is 2.79. The maximum Gasteiger partial charge on any atom is 0.349 e. The van der Waals surface area contributed by atoms with Gasteiger partial charge in [-0.2, -0.15) is 0 Å². The van der Waals surface area contributed by atoms with E-state index in [-0.39, 0.29) is 5.97 Å². The molecule has 0 saturated carbocycles. The fourth-order valence-corrected chi connectivity index (χ4v) is 2.76. The van der Waals surface area contributed by atoms with Crippen LogP contribution in [0.2, 0.25) is 0 Å². The molecule has 18 heavy (non-hydrogen) atoms. The van der Waals surface area contributed by atoms with Gasteiger partial charge < -0.3 is 4.74 Å². The lowest BCUT2D eigenvalue weighted by molar-refractivity contribution is 0.0605. The number of carbonyl (C=O) groups excluding carboxylic acids is 1. The van der Waals surface area contributed by atoms with E-state index in [1.807, 2.05) is 19.2 Å². The first-order valence-corrected chi connectivity index (χ1v) is 6.48. The molecular formula is C13H14N2O2S. The Labute approximate surface area is 110 Å². The van der Waals surface area contributed by atoms with Crippen LogP contribution in [0.3, 0.4) is 0 Å². The van der Waals surface area contributed by atoms with Gasteiger partial charge in [0.05, 0.1) is 12.8 Å². The summed E-state index contributed by atoms with van der Waals surface area (Å²) in [7, 11) is 1.38. The Balaban J connectivity index is 2.49. The van der Waals surface area contributed by atoms with E-state index >= 15 is 0 Å². The highest BCUT2D eigenvalue weighted by Gasteiger charge is 2.17. The van der Waals surface area contributed by atoms with Gasteiger partial charge >= 0.3 is 5.97 Å². The van der Waals surface area contributed by atoms with Crippen molar-refractivity contribution in [3.05, 3.63) is 34.6 Å². The number of thiazole rings is 1. The molecule has 5 heteroatoms. The molecule has 0 aromatic carbocycles. The van der Waals surface area contributed by atoms with Crippen LogP contribution < -0.4 is 0 Å². The molecule has 0 atom stereocenters. The van der Waals surface area contributed by atoms with E-state index < -0.39 is 0 Å². The zero-order valence-electron chi connectivity index (χ0n) is 10.6. The molecular weight excluding hydrogens is 248 g/mol. The van der Waals surface area contributed by atoms with Crippen LogP contribution in [0.15, 0.2) is 18.5 Å². The molecule has 94 valence electrons. The van der Waals surface area contributed by atoms with Crippen molar-refractivity contribution >= 4 is 17.3 Å². The number of carbonyl (C=O) groups is 1. The molecule has 2 aromatic rings. The minimum atomic E-state index is -0.330. The second-order valence-electron chi connectivity index (χ2n) is 3.81. The summed E-state index contributed by atoms with van der Waals surface area (Å²) in [5, 5.41) is 0.840. The molecule has 0 amide bonds. The van der Waals surface area contributed by atoms with Crippen LogP contribution >= 0.6 is 11.3 Å². The largest absolute Gasteiger partial charge is 0.465 e. The Morgan fingerprint density at radius 3 is 2.94 bits per heavy atom. The first kappa shape index (κ1) is 12.7. The number of pyridine rings is 1. The average molecular weight is 262 g/mol. The SMILES string of the molecule is CCc1cnccc1-c1nc(C)c(C(=O)OC)s1. The minimum absolute atomic E-state index is 0.330. The zero-order chi connectivity index (χ0) is 13.1. The predicted molar refractivity (Wildman–Crippen MR) is 70.8 cm³/mol. The molecule has 0 radical (unpaired) electrons. The summed E-state index contributed by atoms with van der Waals surface area (Å²) >= 11 is 1.36. The Morgan fingerprint density at radius 2 is 2.28 bits per heavy atom. The number of aromatic nitrogens is 2. The van der Waals surface area contributed by atoms with E-state index in [1.165, 1.54) is 18.4 Å². The van der Waals surface area contributed by atoms with E-state index in [4.69, 9.17) is 4.74 Å². The van der Waals surface area contributed by atoms with E-state index in [9.17, 15) is 4.79 Å². The zero-order valence-corrected chi connectivity index (χ0v) is 11.4. The maximum absolute atomic E-state index is 11.6. The number of rotatable bonds is 3. The van der Waals surface area contributed by atoms with Gasteiger partial charge in [-0.25, -0.2) is 9.78 Å². The number of esters is 1. The molecule has 0 N–H and O–H groups in total. The van der Waals surface area contributed by atoms with E-state index in [0.717, 1.165) is 22.6 Å². The highest BCUT2D eigenvalue weighted by molar-refractivity contribution is 7.17. The summed E-state index contributed by atoms with van der Waals surface area (Å²) in [6, 6.07) is 1.93. The molecule has 0 aliphatic carbocycles. The summed E-state index contributed by atoms with van der Waals surface area (Å²) in [5.41, 5.74) is 2.87. The van der Waals surface area contributed by atoms with Crippen molar-refractivity contribution in [2.75, 3.05) is 7.11 Å². The molecule has 0 spiro atoms. The lowest BCUT2D eigenvalue weighted by Gasteiger charge is -2.02. The Morgan fingerprint density at radius 1 is 1.50 bits per heavy atom. The molecule has 2 heterocycles. The summed E-state index contributed by atoms with van der Waals surface area (Å²) < 4.78 is 4.74. The molecule has 2 aromatic heterocycles. The van der Waals surface area contributed by atoms with Gasteiger partial charge in [-0.15, -0.1) is 11.3 Å². The van der Waals surface area contributed by atoms with Gasteiger partial charge in [-0.3, -0.25) is 4.98 Å². The topological polar surface area (TPSA) is 52.1 Å². The third-order valence-corrected chi connectivity index (χ3v) is 3.85. The van der Waals surface area contributed by atoms with Gasteiger partial charge in [0.2, 0.25) is 0 Å². The van der Waals surface area contributed by atoms with Crippen molar-refractivity contribution in [1.82, 2.24) is 9.97 Å². The summed E-state index contributed by atoms with van der Waals surface area (Å²) in [6.45, 7) is 3.89. The normalized spacial score (nSPS) is 10.4. The number of hydrogen-bond donors (Lipinski definition) is 0. The molecule has 0 aliphatic heterocycles. The quantitative estimate of drug-likeness (QED) is 0.798. The number of methoxy groups -OCH3 is 1. The summed E-state index contributed by atoms with van der Waals surface area (Å²) in [6.07, 6.45) is 4.46. The fourth-order valence-electron chi connectivity index (χ4n) is 1.71. The second kappa shape index (κ2) is 5.27. The Kier molecular flexibility index (Phi) is 3.72. The monoisotopic (exact) mass is 262 g/mol. The van der Waals surface area contributed by atoms with Crippen molar-refractivity contribution in [1.29, 1.82) is 0 Å². The van der Waals surface area contributed by atoms with Gasteiger partial charge in [0.15, 0.2) is 0 Å². The predicted octanol–water partition coefficient (Wildman–Crippen LogP) is 2.86. The van der Waals surface area contributed by atoms with Crippen molar-refractivity contribution in [2.45, 2.75) is 20.3 Å². The molecule has 0 unspecified atom stereocenters. The molecule has 0 bridgehead atoms. The highest BCUT2D eigenvalue weighted by atomic mass is 32.1. The highest BCUT2D eigenvalue weighted by Crippen LogP contribution is 2.30. The van der Waals surface area contributed by atoms with E-state index in [2.05, 4.69) is 16.9 Å². The number of ether oxygens (including phenoxy) is 1. The third-order valence-electron chi connectivity index (χ3n) is 2.68. The Hall–Kier alpha value is -1.75.